The second kappa shape index (κ2) is 19.4. The first-order valence-electron chi connectivity index (χ1n) is 21.3. The number of rotatable bonds is 9. The van der Waals surface area contributed by atoms with Gasteiger partial charge in [-0.05, 0) is 85.9 Å². The topological polar surface area (TPSA) is 179 Å². The molecule has 4 heterocycles. The molecule has 1 aromatic rings. The minimum Gasteiger partial charge on any atom is -0.458 e. The number of carbonyl (C=O) groups is 5. The molecule has 0 aliphatic carbocycles. The van der Waals surface area contributed by atoms with Crippen molar-refractivity contribution in [3.63, 3.8) is 0 Å². The highest BCUT2D eigenvalue weighted by molar-refractivity contribution is 5.86. The number of amides is 2. The standard InChI is InChI=1S/C44H67N3O12/c1-11-33-44(8)37(47(42(53)59-44)20-16-15-19-30-17-13-12-14-18-30)27(4)34(49)25(2)22-43(7)38(57-40-35(50)32(46(9)10)21-26(3)55-40)28(5)36(29(6)39(51)56-33)54-24-31(48)23-45-41(52)58-43/h12-14,17-18,25-29,32-33,35-38,40,50H,11,15-16,19-24H2,1-10H3,(H,45,52)/t25-,26-,27+,28+,29-,32+,33-,35-,36+,37+,38-,40+,43-,44-/m1/s1. The van der Waals surface area contributed by atoms with E-state index in [1.54, 1.807) is 46.4 Å². The SMILES string of the molecule is CC[C@H]1OC(=O)[C@H](C)[C@H]2OCC(=O)CNC(=O)O[C@](C)(C[C@@H](C)C(=O)[C@H](C)[C@@H]3N(CCCCc4ccccc4)C(=O)O[C@@]31C)[C@H](O[C@@H]1O[C@H](C)C[C@H](N(C)C)[C@H]1O)[C@H]2C. The smallest absolute Gasteiger partial charge is 0.410 e. The number of ether oxygens (including phenoxy) is 6. The predicted octanol–water partition coefficient (Wildman–Crippen LogP) is 4.69. The van der Waals surface area contributed by atoms with Gasteiger partial charge in [0.1, 0.15) is 36.3 Å². The molecule has 330 valence electrons. The highest BCUT2D eigenvalue weighted by Gasteiger charge is 2.60. The van der Waals surface area contributed by atoms with Gasteiger partial charge in [-0.3, -0.25) is 14.4 Å². The van der Waals surface area contributed by atoms with Crippen LogP contribution in [0.5, 0.6) is 0 Å². The number of nitrogens with zero attached hydrogens (tertiary/aromatic N) is 2. The summed E-state index contributed by atoms with van der Waals surface area (Å²) in [6, 6.07) is 8.90. The number of ketones is 2. The summed E-state index contributed by atoms with van der Waals surface area (Å²) in [6.07, 6.45) is -4.37. The number of hydrogen-bond acceptors (Lipinski definition) is 13. The Balaban J connectivity index is 1.59. The molecule has 1 aromatic carbocycles. The second-order valence-corrected chi connectivity index (χ2v) is 17.9. The molecule has 0 unspecified atom stereocenters. The summed E-state index contributed by atoms with van der Waals surface area (Å²) in [5, 5.41) is 14.1. The Morgan fingerprint density at radius 2 is 1.66 bits per heavy atom. The van der Waals surface area contributed by atoms with Gasteiger partial charge in [0, 0.05) is 30.3 Å². The van der Waals surface area contributed by atoms with Crippen LogP contribution in [0.1, 0.15) is 93.1 Å². The van der Waals surface area contributed by atoms with Crippen LogP contribution >= 0.6 is 0 Å². The Hall–Kier alpha value is -3.63. The number of unbranched alkanes of at least 4 members (excludes halogenated alkanes) is 1. The molecular formula is C44H67N3O12. The molecule has 0 aromatic heterocycles. The fourth-order valence-electron chi connectivity index (χ4n) is 9.96. The zero-order valence-electron chi connectivity index (χ0n) is 36.5. The Bertz CT molecular complexity index is 1650. The van der Waals surface area contributed by atoms with E-state index in [0.717, 1.165) is 12.8 Å². The summed E-state index contributed by atoms with van der Waals surface area (Å²) in [5.41, 5.74) is -1.87. The lowest BCUT2D eigenvalue weighted by molar-refractivity contribution is -0.299. The minimum absolute atomic E-state index is 0.0694. The van der Waals surface area contributed by atoms with Gasteiger partial charge in [-0.25, -0.2) is 9.59 Å². The maximum absolute atomic E-state index is 14.9. The van der Waals surface area contributed by atoms with E-state index in [1.165, 1.54) is 5.56 Å². The summed E-state index contributed by atoms with van der Waals surface area (Å²) in [4.78, 5) is 73.3. The molecule has 0 saturated carbocycles. The van der Waals surface area contributed by atoms with Crippen LogP contribution in [0.15, 0.2) is 30.3 Å². The van der Waals surface area contributed by atoms with Crippen molar-refractivity contribution in [3.05, 3.63) is 35.9 Å². The van der Waals surface area contributed by atoms with Crippen LogP contribution in [-0.4, -0.2) is 139 Å². The van der Waals surface area contributed by atoms with Gasteiger partial charge < -0.3 is 48.6 Å². The van der Waals surface area contributed by atoms with Crippen molar-refractivity contribution in [2.75, 3.05) is 33.8 Å². The van der Waals surface area contributed by atoms with Crippen LogP contribution in [0.25, 0.3) is 0 Å². The second-order valence-electron chi connectivity index (χ2n) is 17.9. The van der Waals surface area contributed by atoms with Gasteiger partial charge in [0.05, 0.1) is 30.7 Å². The molecular weight excluding hydrogens is 762 g/mol. The molecule has 14 atom stereocenters. The Kier molecular flexibility index (Phi) is 15.3. The van der Waals surface area contributed by atoms with Crippen molar-refractivity contribution in [3.8, 4) is 0 Å². The number of hydrogen-bond donors (Lipinski definition) is 2. The number of aliphatic hydroxyl groups excluding tert-OH is 1. The van der Waals surface area contributed by atoms with Crippen molar-refractivity contribution in [2.24, 2.45) is 23.7 Å². The van der Waals surface area contributed by atoms with E-state index in [-0.39, 0.29) is 30.8 Å². The largest absolute Gasteiger partial charge is 0.458 e. The fourth-order valence-corrected chi connectivity index (χ4v) is 9.96. The number of esters is 1. The Morgan fingerprint density at radius 1 is 0.966 bits per heavy atom. The fraction of sp³-hybridized carbons (Fsp3) is 0.750. The highest BCUT2D eigenvalue weighted by Crippen LogP contribution is 2.44. The first-order chi connectivity index (χ1) is 27.8. The lowest BCUT2D eigenvalue weighted by Crippen LogP contribution is -2.61. The number of benzene rings is 1. The first kappa shape index (κ1) is 46.4. The van der Waals surface area contributed by atoms with E-state index in [1.807, 2.05) is 51.0 Å². The summed E-state index contributed by atoms with van der Waals surface area (Å²) < 4.78 is 38.0. The third-order valence-electron chi connectivity index (χ3n) is 13.0. The average Bonchev–Trinajstić information content (AvgIpc) is 3.44. The van der Waals surface area contributed by atoms with Gasteiger partial charge in [0.15, 0.2) is 17.7 Å². The third kappa shape index (κ3) is 10.3. The number of Topliss-reactive ketones (excluding diaryl/α,β-unsaturated/α-hetero) is 2. The van der Waals surface area contributed by atoms with Crippen LogP contribution in [0.4, 0.5) is 9.59 Å². The Labute approximate surface area is 349 Å². The molecule has 2 bridgehead atoms. The monoisotopic (exact) mass is 829 g/mol. The van der Waals surface area contributed by atoms with Crippen LogP contribution in [0.2, 0.25) is 0 Å². The summed E-state index contributed by atoms with van der Waals surface area (Å²) >= 11 is 0. The zero-order chi connectivity index (χ0) is 43.4. The molecule has 4 aliphatic rings. The normalized spacial score (nSPS) is 39.1. The van der Waals surface area contributed by atoms with Crippen molar-refractivity contribution in [1.29, 1.82) is 0 Å². The molecule has 2 N–H and O–H groups in total. The summed E-state index contributed by atoms with van der Waals surface area (Å²) in [6.45, 7) is 13.4. The number of nitrogens with one attached hydrogen (secondary N) is 1. The lowest BCUT2D eigenvalue weighted by atomic mass is 9.73. The number of alkyl carbamates (subject to hydrolysis) is 1. The Morgan fingerprint density at radius 3 is 2.32 bits per heavy atom. The van der Waals surface area contributed by atoms with E-state index in [4.69, 9.17) is 28.4 Å². The quantitative estimate of drug-likeness (QED) is 0.199. The van der Waals surface area contributed by atoms with Gasteiger partial charge in [-0.15, -0.1) is 0 Å². The molecule has 59 heavy (non-hydrogen) atoms. The molecule has 15 nitrogen and oxygen atoms in total. The zero-order valence-corrected chi connectivity index (χ0v) is 36.5. The highest BCUT2D eigenvalue weighted by atomic mass is 16.7. The number of aliphatic hydroxyl groups is 1. The maximum Gasteiger partial charge on any atom is 0.410 e. The molecule has 2 amide bonds. The molecule has 5 rings (SSSR count). The predicted molar refractivity (Wildman–Crippen MR) is 216 cm³/mol. The summed E-state index contributed by atoms with van der Waals surface area (Å²) in [5.74, 6) is -4.83. The van der Waals surface area contributed by atoms with Crippen LogP contribution in [0, 0.1) is 23.7 Å². The van der Waals surface area contributed by atoms with Gasteiger partial charge in [-0.1, -0.05) is 58.0 Å². The molecule has 0 radical (unpaired) electrons. The molecule has 4 aliphatic heterocycles. The van der Waals surface area contributed by atoms with Crippen LogP contribution < -0.4 is 5.32 Å². The van der Waals surface area contributed by atoms with E-state index in [2.05, 4.69) is 17.4 Å². The molecule has 4 fully saturated rings. The van der Waals surface area contributed by atoms with Gasteiger partial charge in [0.2, 0.25) is 0 Å². The number of likely N-dealkylation sites (N-methyl/N-ethyl adjacent to an activating group) is 1. The average molecular weight is 830 g/mol. The van der Waals surface area contributed by atoms with Gasteiger partial charge >= 0.3 is 18.2 Å². The maximum atomic E-state index is 14.9. The van der Waals surface area contributed by atoms with E-state index >= 15 is 0 Å². The first-order valence-corrected chi connectivity index (χ1v) is 21.3. The van der Waals surface area contributed by atoms with Crippen molar-refractivity contribution >= 4 is 29.7 Å². The number of cyclic esters (lactones) is 1. The van der Waals surface area contributed by atoms with Gasteiger partial charge in [-0.2, -0.15) is 0 Å². The van der Waals surface area contributed by atoms with Crippen molar-refractivity contribution in [2.45, 2.75) is 154 Å². The van der Waals surface area contributed by atoms with E-state index < -0.39 is 109 Å². The van der Waals surface area contributed by atoms with Crippen molar-refractivity contribution in [1.82, 2.24) is 15.1 Å². The minimum atomic E-state index is -1.63. The molecule has 4 saturated heterocycles. The van der Waals surface area contributed by atoms with Crippen LogP contribution in [-0.2, 0) is 49.2 Å². The number of carbonyl (C=O) groups excluding carboxylic acids is 5. The van der Waals surface area contributed by atoms with E-state index in [0.29, 0.717) is 19.4 Å². The number of aryl methyl sites for hydroxylation is 1. The summed E-state index contributed by atoms with van der Waals surface area (Å²) in [7, 11) is 3.71. The van der Waals surface area contributed by atoms with Gasteiger partial charge in [0.25, 0.3) is 0 Å². The number of fused-ring (bicyclic) bond motifs is 4. The van der Waals surface area contributed by atoms with E-state index in [9.17, 15) is 29.1 Å². The van der Waals surface area contributed by atoms with Crippen LogP contribution in [0.3, 0.4) is 0 Å². The lowest BCUT2D eigenvalue weighted by Gasteiger charge is -2.48. The van der Waals surface area contributed by atoms with Crippen molar-refractivity contribution < 1.29 is 57.5 Å². The third-order valence-corrected chi connectivity index (χ3v) is 13.0. The molecule has 15 heteroatoms. The molecule has 0 spiro atoms.